The van der Waals surface area contributed by atoms with Crippen LogP contribution in [0.4, 0.5) is 0 Å². The van der Waals surface area contributed by atoms with Gasteiger partial charge in [-0.1, -0.05) is 32.9 Å². The lowest BCUT2D eigenvalue weighted by Gasteiger charge is -2.26. The van der Waals surface area contributed by atoms with E-state index in [-0.39, 0.29) is 16.7 Å². The summed E-state index contributed by atoms with van der Waals surface area (Å²) in [6.07, 6.45) is 0. The molecular weight excluding hydrogens is 358 g/mol. The van der Waals surface area contributed by atoms with Crippen LogP contribution in [0.5, 0.6) is 11.5 Å². The van der Waals surface area contributed by atoms with Crippen LogP contribution in [0.1, 0.15) is 47.6 Å². The first kappa shape index (κ1) is 19.6. The van der Waals surface area contributed by atoms with Crippen molar-refractivity contribution in [1.82, 2.24) is 4.90 Å². The van der Waals surface area contributed by atoms with Crippen LogP contribution >= 0.6 is 11.8 Å². The second-order valence-corrected chi connectivity index (χ2v) is 8.85. The lowest BCUT2D eigenvalue weighted by Crippen LogP contribution is -2.30. The Hall–Kier alpha value is -2.14. The van der Waals surface area contributed by atoms with Gasteiger partial charge < -0.3 is 14.4 Å². The Morgan fingerprint density at radius 3 is 2.37 bits per heavy atom. The molecule has 144 valence electrons. The largest absolute Gasteiger partial charge is 0.497 e. The van der Waals surface area contributed by atoms with Crippen molar-refractivity contribution in [3.05, 3.63) is 59.2 Å². The standard InChI is InChI=1S/C22H27NO3S/c1-22(2,3)16-8-6-15(7-9-16)20(24)23-12-13-27-21(23)18-11-10-17(25-4)14-19(18)26-5/h6-11,14,21H,12-13H2,1-5H3. The molecule has 0 aromatic heterocycles. The van der Waals surface area contributed by atoms with Gasteiger partial charge in [0.15, 0.2) is 0 Å². The zero-order chi connectivity index (χ0) is 19.6. The number of nitrogens with zero attached hydrogens (tertiary/aromatic N) is 1. The highest BCUT2D eigenvalue weighted by Gasteiger charge is 2.33. The van der Waals surface area contributed by atoms with E-state index in [1.54, 1.807) is 26.0 Å². The third-order valence-electron chi connectivity index (χ3n) is 4.86. The van der Waals surface area contributed by atoms with Crippen molar-refractivity contribution >= 4 is 17.7 Å². The van der Waals surface area contributed by atoms with Crippen LogP contribution in [-0.2, 0) is 5.41 Å². The number of ether oxygens (including phenoxy) is 2. The summed E-state index contributed by atoms with van der Waals surface area (Å²) in [5, 5.41) is -0.0550. The lowest BCUT2D eigenvalue weighted by atomic mass is 9.86. The van der Waals surface area contributed by atoms with Crippen molar-refractivity contribution in [2.75, 3.05) is 26.5 Å². The predicted octanol–water partition coefficient (Wildman–Crippen LogP) is 4.89. The Labute approximate surface area is 165 Å². The number of methoxy groups -OCH3 is 2. The van der Waals surface area contributed by atoms with Crippen LogP contribution in [0.25, 0.3) is 0 Å². The molecule has 0 spiro atoms. The summed E-state index contributed by atoms with van der Waals surface area (Å²) in [6.45, 7) is 7.25. The van der Waals surface area contributed by atoms with Gasteiger partial charge in [0.25, 0.3) is 5.91 Å². The molecule has 1 aliphatic rings. The van der Waals surface area contributed by atoms with Crippen LogP contribution in [0, 0.1) is 0 Å². The third-order valence-corrected chi connectivity index (χ3v) is 6.10. The first-order valence-corrected chi connectivity index (χ1v) is 10.1. The van der Waals surface area contributed by atoms with Crippen molar-refractivity contribution in [3.8, 4) is 11.5 Å². The molecule has 4 nitrogen and oxygen atoms in total. The molecule has 1 amide bonds. The van der Waals surface area contributed by atoms with Crippen molar-refractivity contribution in [3.63, 3.8) is 0 Å². The van der Waals surface area contributed by atoms with E-state index in [1.807, 2.05) is 35.2 Å². The van der Waals surface area contributed by atoms with Gasteiger partial charge in [0.2, 0.25) is 0 Å². The molecule has 0 saturated carbocycles. The maximum Gasteiger partial charge on any atom is 0.255 e. The third kappa shape index (κ3) is 4.08. The number of amides is 1. The number of carbonyl (C=O) groups is 1. The summed E-state index contributed by atoms with van der Waals surface area (Å²) in [5.41, 5.74) is 3.02. The molecule has 1 aliphatic heterocycles. The fourth-order valence-corrected chi connectivity index (χ4v) is 4.52. The van der Waals surface area contributed by atoms with E-state index in [4.69, 9.17) is 9.47 Å². The van der Waals surface area contributed by atoms with E-state index in [1.165, 1.54) is 5.56 Å². The molecule has 27 heavy (non-hydrogen) atoms. The van der Waals surface area contributed by atoms with Gasteiger partial charge in [0.1, 0.15) is 16.9 Å². The summed E-state index contributed by atoms with van der Waals surface area (Å²) in [5.74, 6) is 2.46. The average Bonchev–Trinajstić information content (AvgIpc) is 3.15. The van der Waals surface area contributed by atoms with Crippen molar-refractivity contribution < 1.29 is 14.3 Å². The maximum atomic E-state index is 13.2. The molecule has 3 rings (SSSR count). The van der Waals surface area contributed by atoms with Crippen LogP contribution in [-0.4, -0.2) is 37.3 Å². The Bertz CT molecular complexity index is 811. The smallest absolute Gasteiger partial charge is 0.255 e. The first-order chi connectivity index (χ1) is 12.8. The molecule has 1 atom stereocenters. The molecule has 2 aromatic rings. The minimum absolute atomic E-state index is 0.0550. The van der Waals surface area contributed by atoms with E-state index in [2.05, 4.69) is 32.9 Å². The highest BCUT2D eigenvalue weighted by Crippen LogP contribution is 2.43. The monoisotopic (exact) mass is 385 g/mol. The van der Waals surface area contributed by atoms with Gasteiger partial charge in [0, 0.05) is 29.5 Å². The number of thioether (sulfide) groups is 1. The van der Waals surface area contributed by atoms with Gasteiger partial charge in [-0.25, -0.2) is 0 Å². The second-order valence-electron chi connectivity index (χ2n) is 7.66. The SMILES string of the molecule is COc1ccc(C2SCCN2C(=O)c2ccc(C(C)(C)C)cc2)c(OC)c1. The van der Waals surface area contributed by atoms with Gasteiger partial charge >= 0.3 is 0 Å². The second kappa shape index (κ2) is 7.85. The zero-order valence-corrected chi connectivity index (χ0v) is 17.4. The molecule has 1 unspecified atom stereocenters. The number of carbonyl (C=O) groups excluding carboxylic acids is 1. The highest BCUT2D eigenvalue weighted by atomic mass is 32.2. The Balaban J connectivity index is 1.87. The summed E-state index contributed by atoms with van der Waals surface area (Å²) in [4.78, 5) is 15.1. The summed E-state index contributed by atoms with van der Waals surface area (Å²) in [6, 6.07) is 13.8. The number of hydrogen-bond acceptors (Lipinski definition) is 4. The predicted molar refractivity (Wildman–Crippen MR) is 111 cm³/mol. The van der Waals surface area contributed by atoms with E-state index in [0.717, 1.165) is 34.9 Å². The Morgan fingerprint density at radius 1 is 1.07 bits per heavy atom. The Morgan fingerprint density at radius 2 is 1.78 bits per heavy atom. The maximum absolute atomic E-state index is 13.2. The van der Waals surface area contributed by atoms with Crippen LogP contribution < -0.4 is 9.47 Å². The zero-order valence-electron chi connectivity index (χ0n) is 16.6. The molecule has 0 N–H and O–H groups in total. The molecule has 1 fully saturated rings. The molecule has 1 heterocycles. The van der Waals surface area contributed by atoms with Gasteiger partial charge in [-0.3, -0.25) is 4.79 Å². The summed E-state index contributed by atoms with van der Waals surface area (Å²) >= 11 is 1.76. The molecule has 1 saturated heterocycles. The van der Waals surface area contributed by atoms with Crippen LogP contribution in [0.15, 0.2) is 42.5 Å². The number of rotatable bonds is 4. The topological polar surface area (TPSA) is 38.8 Å². The number of hydrogen-bond donors (Lipinski definition) is 0. The number of benzene rings is 2. The van der Waals surface area contributed by atoms with Gasteiger partial charge in [-0.15, -0.1) is 11.8 Å². The van der Waals surface area contributed by atoms with Gasteiger partial charge in [-0.2, -0.15) is 0 Å². The van der Waals surface area contributed by atoms with Gasteiger partial charge in [-0.05, 0) is 35.2 Å². The summed E-state index contributed by atoms with van der Waals surface area (Å²) < 4.78 is 10.8. The fourth-order valence-electron chi connectivity index (χ4n) is 3.24. The molecule has 0 bridgehead atoms. The minimum atomic E-state index is -0.0550. The van der Waals surface area contributed by atoms with Crippen molar-refractivity contribution in [2.45, 2.75) is 31.6 Å². The lowest BCUT2D eigenvalue weighted by molar-refractivity contribution is 0.0759. The molecule has 0 radical (unpaired) electrons. The normalized spacial score (nSPS) is 17.1. The first-order valence-electron chi connectivity index (χ1n) is 9.10. The van der Waals surface area contributed by atoms with E-state index < -0.39 is 0 Å². The van der Waals surface area contributed by atoms with Crippen molar-refractivity contribution in [1.29, 1.82) is 0 Å². The highest BCUT2D eigenvalue weighted by molar-refractivity contribution is 7.99. The van der Waals surface area contributed by atoms with Crippen LogP contribution in [0.3, 0.4) is 0 Å². The minimum Gasteiger partial charge on any atom is -0.497 e. The Kier molecular flexibility index (Phi) is 5.70. The van der Waals surface area contributed by atoms with Crippen LogP contribution in [0.2, 0.25) is 0 Å². The van der Waals surface area contributed by atoms with Crippen molar-refractivity contribution in [2.24, 2.45) is 0 Å². The molecule has 2 aromatic carbocycles. The van der Waals surface area contributed by atoms with Gasteiger partial charge in [0.05, 0.1) is 14.2 Å². The average molecular weight is 386 g/mol. The fraction of sp³-hybridized carbons (Fsp3) is 0.409. The quantitative estimate of drug-likeness (QED) is 0.751. The van der Waals surface area contributed by atoms with E-state index >= 15 is 0 Å². The molecule has 0 aliphatic carbocycles. The molecule has 5 heteroatoms. The summed E-state index contributed by atoms with van der Waals surface area (Å²) in [7, 11) is 3.28. The molecular formula is C22H27NO3S. The van der Waals surface area contributed by atoms with E-state index in [9.17, 15) is 4.79 Å². The van der Waals surface area contributed by atoms with E-state index in [0.29, 0.717) is 0 Å².